The van der Waals surface area contributed by atoms with Gasteiger partial charge in [-0.1, -0.05) is 0 Å². The van der Waals surface area contributed by atoms with Crippen LogP contribution in [-0.4, -0.2) is 47.2 Å². The van der Waals surface area contributed by atoms with Crippen LogP contribution in [0, 0.1) is 6.92 Å². The van der Waals surface area contributed by atoms with Gasteiger partial charge in [-0.25, -0.2) is 9.78 Å². The molecular formula is C16H18N4O2. The van der Waals surface area contributed by atoms with Crippen LogP contribution in [-0.2, 0) is 0 Å². The Morgan fingerprint density at radius 1 is 1.09 bits per heavy atom. The number of aromatic nitrogens is 2. The summed E-state index contributed by atoms with van der Waals surface area (Å²) >= 11 is 0. The number of piperazine rings is 1. The first kappa shape index (κ1) is 14.3. The molecule has 0 atom stereocenters. The zero-order valence-corrected chi connectivity index (χ0v) is 12.4. The van der Waals surface area contributed by atoms with Gasteiger partial charge >= 0.3 is 5.97 Å². The molecule has 0 saturated carbocycles. The number of hydrogen-bond donors (Lipinski definition) is 1. The van der Waals surface area contributed by atoms with Gasteiger partial charge < -0.3 is 14.9 Å². The van der Waals surface area contributed by atoms with Gasteiger partial charge in [-0.2, -0.15) is 0 Å². The van der Waals surface area contributed by atoms with Gasteiger partial charge in [-0.15, -0.1) is 0 Å². The monoisotopic (exact) mass is 298 g/mol. The largest absolute Gasteiger partial charge is 0.478 e. The summed E-state index contributed by atoms with van der Waals surface area (Å²) in [4.78, 5) is 23.8. The van der Waals surface area contributed by atoms with Crippen molar-refractivity contribution in [2.75, 3.05) is 36.0 Å². The minimum absolute atomic E-state index is 0.217. The van der Waals surface area contributed by atoms with E-state index in [0.29, 0.717) is 0 Å². The third kappa shape index (κ3) is 3.00. The summed E-state index contributed by atoms with van der Waals surface area (Å²) in [5.41, 5.74) is 2.43. The summed E-state index contributed by atoms with van der Waals surface area (Å²) in [6.45, 7) is 5.53. The molecule has 0 unspecified atom stereocenters. The Labute approximate surface area is 129 Å². The van der Waals surface area contributed by atoms with Gasteiger partial charge in [-0.05, 0) is 31.2 Å². The molecule has 0 amide bonds. The van der Waals surface area contributed by atoms with Crippen LogP contribution >= 0.6 is 0 Å². The zero-order valence-electron chi connectivity index (χ0n) is 12.4. The Bertz CT molecular complexity index is 664. The lowest BCUT2D eigenvalue weighted by atomic mass is 10.2. The van der Waals surface area contributed by atoms with Crippen LogP contribution in [0.5, 0.6) is 0 Å². The standard InChI is InChI=1S/C16H18N4O2/c1-12-10-14(4-5-17-12)19-6-8-20(9-7-19)15-3-2-13(11-18-15)16(21)22/h2-5,10-11H,6-9H2,1H3,(H,21,22). The van der Waals surface area contributed by atoms with E-state index in [4.69, 9.17) is 5.11 Å². The fourth-order valence-electron chi connectivity index (χ4n) is 2.62. The van der Waals surface area contributed by atoms with Gasteiger partial charge in [0.1, 0.15) is 5.82 Å². The topological polar surface area (TPSA) is 69.6 Å². The van der Waals surface area contributed by atoms with Crippen molar-refractivity contribution in [3.63, 3.8) is 0 Å². The maximum absolute atomic E-state index is 10.9. The molecule has 3 rings (SSSR count). The molecule has 3 heterocycles. The second-order valence-corrected chi connectivity index (χ2v) is 5.34. The Balaban J connectivity index is 1.65. The maximum atomic E-state index is 10.9. The quantitative estimate of drug-likeness (QED) is 0.932. The molecule has 0 bridgehead atoms. The first-order valence-corrected chi connectivity index (χ1v) is 7.25. The van der Waals surface area contributed by atoms with Crippen LogP contribution in [0.2, 0.25) is 0 Å². The summed E-state index contributed by atoms with van der Waals surface area (Å²) in [5, 5.41) is 8.90. The third-order valence-corrected chi connectivity index (χ3v) is 3.84. The van der Waals surface area contributed by atoms with Crippen LogP contribution in [0.1, 0.15) is 16.1 Å². The van der Waals surface area contributed by atoms with Crippen molar-refractivity contribution in [1.29, 1.82) is 0 Å². The summed E-state index contributed by atoms with van der Waals surface area (Å²) in [6.07, 6.45) is 3.25. The molecule has 114 valence electrons. The van der Waals surface area contributed by atoms with Crippen molar-refractivity contribution < 1.29 is 9.90 Å². The summed E-state index contributed by atoms with van der Waals surface area (Å²) in [7, 11) is 0. The number of carboxylic acids is 1. The molecule has 0 aliphatic carbocycles. The third-order valence-electron chi connectivity index (χ3n) is 3.84. The maximum Gasteiger partial charge on any atom is 0.337 e. The lowest BCUT2D eigenvalue weighted by Gasteiger charge is -2.36. The van der Waals surface area contributed by atoms with Gasteiger partial charge in [0.25, 0.3) is 0 Å². The second-order valence-electron chi connectivity index (χ2n) is 5.34. The van der Waals surface area contributed by atoms with Crippen molar-refractivity contribution in [1.82, 2.24) is 9.97 Å². The second kappa shape index (κ2) is 6.01. The van der Waals surface area contributed by atoms with Gasteiger partial charge in [-0.3, -0.25) is 4.98 Å². The Kier molecular flexibility index (Phi) is 3.91. The summed E-state index contributed by atoms with van der Waals surface area (Å²) in [5.74, 6) is -0.118. The van der Waals surface area contributed by atoms with Gasteiger partial charge in [0.2, 0.25) is 0 Å². The molecule has 22 heavy (non-hydrogen) atoms. The normalized spacial score (nSPS) is 15.0. The molecule has 2 aromatic heterocycles. The Hall–Kier alpha value is -2.63. The van der Waals surface area contributed by atoms with Crippen molar-refractivity contribution in [2.45, 2.75) is 6.92 Å². The predicted molar refractivity (Wildman–Crippen MR) is 84.6 cm³/mol. The molecule has 6 nitrogen and oxygen atoms in total. The first-order valence-electron chi connectivity index (χ1n) is 7.25. The van der Waals surface area contributed by atoms with E-state index in [1.165, 1.54) is 11.9 Å². The SMILES string of the molecule is Cc1cc(N2CCN(c3ccc(C(=O)O)cn3)CC2)ccn1. The van der Waals surface area contributed by atoms with Crippen LogP contribution in [0.25, 0.3) is 0 Å². The molecule has 0 aromatic carbocycles. The number of carboxylic acid groups (broad SMARTS) is 1. The molecular weight excluding hydrogens is 280 g/mol. The number of rotatable bonds is 3. The lowest BCUT2D eigenvalue weighted by Crippen LogP contribution is -2.46. The minimum Gasteiger partial charge on any atom is -0.478 e. The molecule has 0 radical (unpaired) electrons. The van der Waals surface area contributed by atoms with E-state index in [1.807, 2.05) is 19.2 Å². The van der Waals surface area contributed by atoms with E-state index in [2.05, 4.69) is 25.8 Å². The highest BCUT2D eigenvalue weighted by molar-refractivity contribution is 5.87. The number of aryl methyl sites for hydroxylation is 1. The number of carbonyl (C=O) groups is 1. The first-order chi connectivity index (χ1) is 10.6. The van der Waals surface area contributed by atoms with Crippen molar-refractivity contribution >= 4 is 17.5 Å². The number of pyridine rings is 2. The molecule has 0 spiro atoms. The van der Waals surface area contributed by atoms with Crippen LogP contribution in [0.4, 0.5) is 11.5 Å². The molecule has 1 fully saturated rings. The van der Waals surface area contributed by atoms with E-state index < -0.39 is 5.97 Å². The van der Waals surface area contributed by atoms with E-state index in [0.717, 1.165) is 37.7 Å². The predicted octanol–water partition coefficient (Wildman–Crippen LogP) is 1.81. The average Bonchev–Trinajstić information content (AvgIpc) is 2.55. The Morgan fingerprint density at radius 2 is 1.82 bits per heavy atom. The number of anilines is 2. The van der Waals surface area contributed by atoms with Gasteiger partial charge in [0.05, 0.1) is 5.56 Å². The van der Waals surface area contributed by atoms with Crippen molar-refractivity contribution in [3.8, 4) is 0 Å². The summed E-state index contributed by atoms with van der Waals surface area (Å²) in [6, 6.07) is 7.50. The number of aromatic carboxylic acids is 1. The van der Waals surface area contributed by atoms with E-state index in [9.17, 15) is 4.79 Å². The van der Waals surface area contributed by atoms with Gasteiger partial charge in [0, 0.05) is 50.0 Å². The molecule has 6 heteroatoms. The molecule has 2 aromatic rings. The van der Waals surface area contributed by atoms with E-state index in [1.54, 1.807) is 12.1 Å². The minimum atomic E-state index is -0.947. The fourth-order valence-corrected chi connectivity index (χ4v) is 2.62. The number of nitrogens with zero attached hydrogens (tertiary/aromatic N) is 4. The highest BCUT2D eigenvalue weighted by Gasteiger charge is 2.18. The molecule has 1 saturated heterocycles. The number of hydrogen-bond acceptors (Lipinski definition) is 5. The van der Waals surface area contributed by atoms with E-state index >= 15 is 0 Å². The van der Waals surface area contributed by atoms with Crippen LogP contribution < -0.4 is 9.80 Å². The molecule has 1 N–H and O–H groups in total. The fraction of sp³-hybridized carbons (Fsp3) is 0.312. The average molecular weight is 298 g/mol. The smallest absolute Gasteiger partial charge is 0.337 e. The lowest BCUT2D eigenvalue weighted by molar-refractivity contribution is 0.0696. The van der Waals surface area contributed by atoms with Crippen LogP contribution in [0.15, 0.2) is 36.7 Å². The zero-order chi connectivity index (χ0) is 15.5. The Morgan fingerprint density at radius 3 is 2.41 bits per heavy atom. The summed E-state index contributed by atoms with van der Waals surface area (Å²) < 4.78 is 0. The van der Waals surface area contributed by atoms with E-state index in [-0.39, 0.29) is 5.56 Å². The van der Waals surface area contributed by atoms with Crippen molar-refractivity contribution in [3.05, 3.63) is 47.9 Å². The molecule has 1 aliphatic rings. The van der Waals surface area contributed by atoms with Crippen molar-refractivity contribution in [2.24, 2.45) is 0 Å². The highest BCUT2D eigenvalue weighted by atomic mass is 16.4. The van der Waals surface area contributed by atoms with Crippen LogP contribution in [0.3, 0.4) is 0 Å². The highest BCUT2D eigenvalue weighted by Crippen LogP contribution is 2.19. The molecule has 1 aliphatic heterocycles. The van der Waals surface area contributed by atoms with Gasteiger partial charge in [0.15, 0.2) is 0 Å².